The first-order valence-electron chi connectivity index (χ1n) is 10.8. The number of aryl methyl sites for hydroxylation is 1. The first-order valence-corrected chi connectivity index (χ1v) is 10.8. The van der Waals surface area contributed by atoms with Gasteiger partial charge in [-0.2, -0.15) is 5.10 Å². The van der Waals surface area contributed by atoms with Gasteiger partial charge in [-0.1, -0.05) is 12.1 Å². The Bertz CT molecular complexity index is 840. The van der Waals surface area contributed by atoms with Crippen LogP contribution in [0.25, 0.3) is 0 Å². The monoisotopic (exact) mass is 397 g/mol. The third-order valence-corrected chi connectivity index (χ3v) is 5.76. The summed E-state index contributed by atoms with van der Waals surface area (Å²) < 4.78 is 13.3. The van der Waals surface area contributed by atoms with Crippen LogP contribution in [0.2, 0.25) is 0 Å². The highest BCUT2D eigenvalue weighted by Crippen LogP contribution is 2.32. The second-order valence-corrected chi connectivity index (χ2v) is 8.09. The number of nitrogens with zero attached hydrogens (tertiary/aromatic N) is 2. The van der Waals surface area contributed by atoms with E-state index in [2.05, 4.69) is 10.00 Å². The number of carbonyl (C=O) groups excluding carboxylic acids is 1. The fraction of sp³-hybridized carbons (Fsp3) is 0.565. The summed E-state index contributed by atoms with van der Waals surface area (Å²) in [7, 11) is 0. The van der Waals surface area contributed by atoms with Crippen LogP contribution in [0.4, 0.5) is 0 Å². The maximum atomic E-state index is 12.5. The van der Waals surface area contributed by atoms with Crippen molar-refractivity contribution in [1.82, 2.24) is 15.1 Å². The summed E-state index contributed by atoms with van der Waals surface area (Å²) in [6, 6.07) is 7.86. The molecule has 2 aliphatic rings. The predicted octanol–water partition coefficient (Wildman–Crippen LogP) is 3.57. The molecule has 1 atom stereocenters. The Morgan fingerprint density at radius 1 is 1.34 bits per heavy atom. The molecule has 0 bridgehead atoms. The molecule has 1 aliphatic carbocycles. The highest BCUT2D eigenvalue weighted by atomic mass is 16.5. The fourth-order valence-electron chi connectivity index (χ4n) is 3.92. The number of amides is 1. The van der Waals surface area contributed by atoms with Gasteiger partial charge in [-0.25, -0.2) is 0 Å². The van der Waals surface area contributed by atoms with E-state index >= 15 is 0 Å². The summed E-state index contributed by atoms with van der Waals surface area (Å²) in [4.78, 5) is 12.5. The minimum absolute atomic E-state index is 0.0390. The smallest absolute Gasteiger partial charge is 0.220 e. The van der Waals surface area contributed by atoms with Gasteiger partial charge in [-0.15, -0.1) is 0 Å². The predicted molar refractivity (Wildman–Crippen MR) is 111 cm³/mol. The summed E-state index contributed by atoms with van der Waals surface area (Å²) >= 11 is 0. The van der Waals surface area contributed by atoms with Crippen molar-refractivity contribution in [3.05, 3.63) is 46.8 Å². The first-order chi connectivity index (χ1) is 14.1. The van der Waals surface area contributed by atoms with Crippen LogP contribution < -0.4 is 10.1 Å². The molecule has 1 aromatic carbocycles. The number of hydrogen-bond donors (Lipinski definition) is 1. The van der Waals surface area contributed by atoms with E-state index in [9.17, 15) is 4.79 Å². The quantitative estimate of drug-likeness (QED) is 0.702. The lowest BCUT2D eigenvalue weighted by Crippen LogP contribution is -2.27. The summed E-state index contributed by atoms with van der Waals surface area (Å²) in [5.41, 5.74) is 4.64. The van der Waals surface area contributed by atoms with Gasteiger partial charge in [0.15, 0.2) is 0 Å². The molecular weight excluding hydrogens is 366 g/mol. The first kappa shape index (κ1) is 20.0. The van der Waals surface area contributed by atoms with Crippen LogP contribution in [-0.4, -0.2) is 28.9 Å². The molecule has 1 fully saturated rings. The number of carbonyl (C=O) groups is 1. The Balaban J connectivity index is 1.33. The van der Waals surface area contributed by atoms with E-state index in [0.29, 0.717) is 26.1 Å². The number of benzene rings is 1. The van der Waals surface area contributed by atoms with Crippen LogP contribution in [0.3, 0.4) is 0 Å². The van der Waals surface area contributed by atoms with Gasteiger partial charge in [0.25, 0.3) is 0 Å². The molecule has 0 spiro atoms. The van der Waals surface area contributed by atoms with Gasteiger partial charge in [-0.05, 0) is 50.3 Å². The zero-order valence-electron chi connectivity index (χ0n) is 17.4. The molecule has 1 unspecified atom stereocenters. The summed E-state index contributed by atoms with van der Waals surface area (Å²) in [6.45, 7) is 7.03. The largest absolute Gasteiger partial charge is 0.494 e. The molecule has 29 heavy (non-hydrogen) atoms. The van der Waals surface area contributed by atoms with E-state index in [0.717, 1.165) is 42.5 Å². The van der Waals surface area contributed by atoms with E-state index in [-0.39, 0.29) is 11.9 Å². The van der Waals surface area contributed by atoms with Crippen LogP contribution in [0.1, 0.15) is 61.7 Å². The normalized spacial score (nSPS) is 16.9. The second kappa shape index (κ2) is 8.99. The van der Waals surface area contributed by atoms with Gasteiger partial charge in [0.05, 0.1) is 31.6 Å². The van der Waals surface area contributed by atoms with Gasteiger partial charge in [-0.3, -0.25) is 9.48 Å². The van der Waals surface area contributed by atoms with Gasteiger partial charge >= 0.3 is 0 Å². The van der Waals surface area contributed by atoms with Gasteiger partial charge in [0, 0.05) is 37.1 Å². The van der Waals surface area contributed by atoms with E-state index in [4.69, 9.17) is 14.6 Å². The standard InChI is InChI=1S/C23H31N3O3/c1-3-29-19-8-6-18(7-9-19)16(2)24-23(27)11-10-21-20-15-28-13-12-22(20)26(25-21)14-17-4-5-17/h6-9,16-17H,3-5,10-15H2,1-2H3,(H,24,27). The number of fused-ring (bicyclic) bond motifs is 1. The number of ether oxygens (including phenoxy) is 2. The summed E-state index contributed by atoms with van der Waals surface area (Å²) in [5, 5.41) is 7.95. The van der Waals surface area contributed by atoms with Crippen molar-refractivity contribution in [2.75, 3.05) is 13.2 Å². The van der Waals surface area contributed by atoms with Crippen LogP contribution in [-0.2, 0) is 35.5 Å². The van der Waals surface area contributed by atoms with E-state index in [1.165, 1.54) is 24.1 Å². The number of rotatable bonds is 9. The molecule has 6 heteroatoms. The highest BCUT2D eigenvalue weighted by Gasteiger charge is 2.27. The molecule has 2 aromatic rings. The Labute approximate surface area is 172 Å². The lowest BCUT2D eigenvalue weighted by Gasteiger charge is -2.16. The maximum Gasteiger partial charge on any atom is 0.220 e. The topological polar surface area (TPSA) is 65.4 Å². The van der Waals surface area contributed by atoms with Crippen molar-refractivity contribution in [2.45, 2.75) is 65.1 Å². The fourth-order valence-corrected chi connectivity index (χ4v) is 3.92. The Kier molecular flexibility index (Phi) is 6.19. The van der Waals surface area contributed by atoms with Crippen LogP contribution in [0.15, 0.2) is 24.3 Å². The Hall–Kier alpha value is -2.34. The maximum absolute atomic E-state index is 12.5. The van der Waals surface area contributed by atoms with Crippen LogP contribution in [0.5, 0.6) is 5.75 Å². The van der Waals surface area contributed by atoms with E-state index in [1.54, 1.807) is 0 Å². The average molecular weight is 398 g/mol. The average Bonchev–Trinajstić information content (AvgIpc) is 3.48. The minimum Gasteiger partial charge on any atom is -0.494 e. The lowest BCUT2D eigenvalue weighted by atomic mass is 10.1. The summed E-state index contributed by atoms with van der Waals surface area (Å²) in [6.07, 6.45) is 4.65. The molecule has 4 rings (SSSR count). The van der Waals surface area contributed by atoms with Crippen molar-refractivity contribution in [1.29, 1.82) is 0 Å². The van der Waals surface area contributed by atoms with Crippen molar-refractivity contribution in [2.24, 2.45) is 5.92 Å². The summed E-state index contributed by atoms with van der Waals surface area (Å²) in [5.74, 6) is 1.69. The van der Waals surface area contributed by atoms with E-state index in [1.807, 2.05) is 38.1 Å². The molecule has 1 amide bonds. The highest BCUT2D eigenvalue weighted by molar-refractivity contribution is 5.76. The third-order valence-electron chi connectivity index (χ3n) is 5.76. The van der Waals surface area contributed by atoms with Crippen LogP contribution in [0, 0.1) is 5.92 Å². The van der Waals surface area contributed by atoms with Crippen molar-refractivity contribution >= 4 is 5.91 Å². The minimum atomic E-state index is -0.0390. The van der Waals surface area contributed by atoms with Crippen molar-refractivity contribution in [3.8, 4) is 5.75 Å². The molecule has 1 aromatic heterocycles. The molecule has 156 valence electrons. The van der Waals surface area contributed by atoms with Gasteiger partial charge in [0.1, 0.15) is 5.75 Å². The van der Waals surface area contributed by atoms with Crippen molar-refractivity contribution in [3.63, 3.8) is 0 Å². The third kappa shape index (κ3) is 4.99. The van der Waals surface area contributed by atoms with Gasteiger partial charge < -0.3 is 14.8 Å². The molecule has 1 aliphatic heterocycles. The second-order valence-electron chi connectivity index (χ2n) is 8.09. The Morgan fingerprint density at radius 2 is 2.14 bits per heavy atom. The zero-order valence-corrected chi connectivity index (χ0v) is 17.4. The molecule has 0 radical (unpaired) electrons. The van der Waals surface area contributed by atoms with Crippen LogP contribution >= 0.6 is 0 Å². The number of nitrogens with one attached hydrogen (secondary N) is 1. The van der Waals surface area contributed by atoms with Crippen molar-refractivity contribution < 1.29 is 14.3 Å². The Morgan fingerprint density at radius 3 is 2.86 bits per heavy atom. The number of hydrogen-bond acceptors (Lipinski definition) is 4. The number of aromatic nitrogens is 2. The molecule has 1 saturated carbocycles. The SMILES string of the molecule is CCOc1ccc(C(C)NC(=O)CCc2nn(CC3CC3)c3c2COCC3)cc1. The molecule has 0 saturated heterocycles. The molecule has 2 heterocycles. The molecule has 1 N–H and O–H groups in total. The molecule has 6 nitrogen and oxygen atoms in total. The zero-order chi connectivity index (χ0) is 20.2. The lowest BCUT2D eigenvalue weighted by molar-refractivity contribution is -0.121. The van der Waals surface area contributed by atoms with E-state index < -0.39 is 0 Å². The molecular formula is C23H31N3O3. The van der Waals surface area contributed by atoms with Gasteiger partial charge in [0.2, 0.25) is 5.91 Å².